The Morgan fingerprint density at radius 2 is 1.62 bits per heavy atom. The van der Waals surface area contributed by atoms with Crippen molar-refractivity contribution in [1.29, 1.82) is 5.26 Å². The van der Waals surface area contributed by atoms with Gasteiger partial charge in [0.1, 0.15) is 16.9 Å². The smallest absolute Gasteiger partial charge is 0.316 e. The van der Waals surface area contributed by atoms with Crippen molar-refractivity contribution in [3.8, 4) is 6.07 Å². The molecule has 0 spiro atoms. The normalized spacial score (nSPS) is 13.8. The molecule has 0 bridgehead atoms. The highest BCUT2D eigenvalue weighted by molar-refractivity contribution is 6.02. The Bertz CT molecular complexity index is 331. The summed E-state index contributed by atoms with van der Waals surface area (Å²) >= 11 is 0. The van der Waals surface area contributed by atoms with Gasteiger partial charge in [-0.05, 0) is 41.5 Å². The second-order valence-corrected chi connectivity index (χ2v) is 5.36. The number of hydrogen-bond acceptors (Lipinski definition) is 4. The number of ether oxygens (including phenoxy) is 1. The quantitative estimate of drug-likeness (QED) is 0.544. The van der Waals surface area contributed by atoms with Crippen molar-refractivity contribution < 1.29 is 14.3 Å². The molecule has 90 valence electrons. The second kappa shape index (κ2) is 4.65. The van der Waals surface area contributed by atoms with E-state index >= 15 is 0 Å². The van der Waals surface area contributed by atoms with Gasteiger partial charge in [-0.1, -0.05) is 0 Å². The Morgan fingerprint density at radius 1 is 1.19 bits per heavy atom. The van der Waals surface area contributed by atoms with E-state index in [1.165, 1.54) is 20.8 Å². The summed E-state index contributed by atoms with van der Waals surface area (Å²) in [6.07, 6.45) is 0. The molecule has 0 N–H and O–H groups in total. The molecule has 0 aromatic rings. The van der Waals surface area contributed by atoms with E-state index in [1.807, 2.05) is 6.07 Å². The van der Waals surface area contributed by atoms with Gasteiger partial charge in [-0.2, -0.15) is 5.26 Å². The highest BCUT2D eigenvalue weighted by Crippen LogP contribution is 2.22. The van der Waals surface area contributed by atoms with Crippen LogP contribution in [0.1, 0.15) is 41.5 Å². The zero-order chi connectivity index (χ0) is 13.1. The van der Waals surface area contributed by atoms with Crippen LogP contribution in [0.25, 0.3) is 0 Å². The van der Waals surface area contributed by atoms with Gasteiger partial charge in [0.15, 0.2) is 5.78 Å². The molecule has 0 aliphatic carbocycles. The summed E-state index contributed by atoms with van der Waals surface area (Å²) in [5, 5.41) is 8.80. The van der Waals surface area contributed by atoms with Crippen LogP contribution in [-0.2, 0) is 14.3 Å². The number of nitrogens with zero attached hydrogens (tertiary/aromatic N) is 1. The lowest BCUT2D eigenvalue weighted by atomic mass is 9.83. The van der Waals surface area contributed by atoms with Crippen molar-refractivity contribution in [3.05, 3.63) is 0 Å². The van der Waals surface area contributed by atoms with Crippen LogP contribution < -0.4 is 0 Å². The predicted molar refractivity (Wildman–Crippen MR) is 59.4 cm³/mol. The number of carbonyl (C=O) groups is 2. The Hall–Kier alpha value is -1.37. The molecule has 0 saturated carbocycles. The first-order chi connectivity index (χ1) is 7.01. The first-order valence-corrected chi connectivity index (χ1v) is 5.19. The van der Waals surface area contributed by atoms with E-state index in [9.17, 15) is 9.59 Å². The summed E-state index contributed by atoms with van der Waals surface area (Å²) in [6, 6.07) is 1.88. The summed E-state index contributed by atoms with van der Waals surface area (Å²) in [4.78, 5) is 23.4. The lowest BCUT2D eigenvalue weighted by Crippen LogP contribution is -2.36. The van der Waals surface area contributed by atoms with Crippen LogP contribution in [-0.4, -0.2) is 17.4 Å². The topological polar surface area (TPSA) is 67.2 Å². The van der Waals surface area contributed by atoms with Crippen LogP contribution in [0.5, 0.6) is 0 Å². The average Bonchev–Trinajstić information content (AvgIpc) is 2.12. The number of ketones is 1. The summed E-state index contributed by atoms with van der Waals surface area (Å²) in [6.45, 7) is 9.66. The molecule has 0 rings (SSSR count). The van der Waals surface area contributed by atoms with Crippen molar-refractivity contribution in [2.24, 2.45) is 11.3 Å². The molecule has 0 aromatic heterocycles. The maximum absolute atomic E-state index is 11.8. The first kappa shape index (κ1) is 14.6. The van der Waals surface area contributed by atoms with Gasteiger partial charge in [-0.3, -0.25) is 9.59 Å². The molecular formula is C12H19NO3. The van der Waals surface area contributed by atoms with Gasteiger partial charge in [-0.25, -0.2) is 0 Å². The third-order valence-corrected chi connectivity index (χ3v) is 2.05. The molecule has 16 heavy (non-hydrogen) atoms. The number of hydrogen-bond donors (Lipinski definition) is 0. The molecule has 0 amide bonds. The van der Waals surface area contributed by atoms with E-state index < -0.39 is 28.7 Å². The SMILES string of the molecule is CC(C(=O)OC(C)(C)C)C(=O)C(C)(C)C#N. The van der Waals surface area contributed by atoms with Gasteiger partial charge in [0, 0.05) is 0 Å². The van der Waals surface area contributed by atoms with E-state index in [2.05, 4.69) is 0 Å². The zero-order valence-electron chi connectivity index (χ0n) is 10.7. The molecule has 0 radical (unpaired) electrons. The maximum Gasteiger partial charge on any atom is 0.316 e. The van der Waals surface area contributed by atoms with Crippen molar-refractivity contribution in [2.75, 3.05) is 0 Å². The molecule has 0 fully saturated rings. The summed E-state index contributed by atoms with van der Waals surface area (Å²) in [5.74, 6) is -1.90. The number of esters is 1. The van der Waals surface area contributed by atoms with E-state index in [0.29, 0.717) is 0 Å². The molecule has 1 atom stereocenters. The molecule has 4 heteroatoms. The number of Topliss-reactive ketones (excluding diaryl/α,β-unsaturated/α-hetero) is 1. The fraction of sp³-hybridized carbons (Fsp3) is 0.750. The van der Waals surface area contributed by atoms with Crippen molar-refractivity contribution in [1.82, 2.24) is 0 Å². The Balaban J connectivity index is 4.72. The number of rotatable bonds is 3. The van der Waals surface area contributed by atoms with Crippen LogP contribution in [0.15, 0.2) is 0 Å². The number of nitriles is 1. The minimum atomic E-state index is -1.16. The van der Waals surface area contributed by atoms with Crippen molar-refractivity contribution in [2.45, 2.75) is 47.1 Å². The standard InChI is InChI=1S/C12H19NO3/c1-8(9(14)12(5,6)7-13)10(15)16-11(2,3)4/h8H,1-6H3. The summed E-state index contributed by atoms with van der Waals surface area (Å²) in [7, 11) is 0. The van der Waals surface area contributed by atoms with Crippen LogP contribution >= 0.6 is 0 Å². The Kier molecular flexibility index (Phi) is 4.25. The zero-order valence-corrected chi connectivity index (χ0v) is 10.7. The average molecular weight is 225 g/mol. The molecule has 0 heterocycles. The molecule has 4 nitrogen and oxygen atoms in total. The van der Waals surface area contributed by atoms with Gasteiger partial charge in [0.2, 0.25) is 0 Å². The fourth-order valence-corrected chi connectivity index (χ4v) is 1.09. The van der Waals surface area contributed by atoms with Gasteiger partial charge in [0.05, 0.1) is 6.07 Å². The largest absolute Gasteiger partial charge is 0.459 e. The third kappa shape index (κ3) is 4.01. The molecule has 0 aliphatic rings. The lowest BCUT2D eigenvalue weighted by Gasteiger charge is -2.24. The van der Waals surface area contributed by atoms with E-state index in [0.717, 1.165) is 0 Å². The monoisotopic (exact) mass is 225 g/mol. The van der Waals surface area contributed by atoms with Crippen molar-refractivity contribution in [3.63, 3.8) is 0 Å². The minimum absolute atomic E-state index is 0.413. The van der Waals surface area contributed by atoms with Gasteiger partial charge < -0.3 is 4.74 Å². The molecule has 0 saturated heterocycles. The Labute approximate surface area is 96.6 Å². The predicted octanol–water partition coefficient (Wildman–Crippen LogP) is 2.08. The van der Waals surface area contributed by atoms with Crippen molar-refractivity contribution >= 4 is 11.8 Å². The first-order valence-electron chi connectivity index (χ1n) is 5.19. The van der Waals surface area contributed by atoms with Gasteiger partial charge in [-0.15, -0.1) is 0 Å². The molecular weight excluding hydrogens is 206 g/mol. The lowest BCUT2D eigenvalue weighted by molar-refractivity contribution is -0.162. The third-order valence-electron chi connectivity index (χ3n) is 2.05. The van der Waals surface area contributed by atoms with E-state index in [-0.39, 0.29) is 0 Å². The van der Waals surface area contributed by atoms with E-state index in [1.54, 1.807) is 20.8 Å². The molecule has 0 aliphatic heterocycles. The van der Waals surface area contributed by atoms with Gasteiger partial charge in [0.25, 0.3) is 0 Å². The fourth-order valence-electron chi connectivity index (χ4n) is 1.09. The summed E-state index contributed by atoms with van der Waals surface area (Å²) in [5.41, 5.74) is -1.78. The van der Waals surface area contributed by atoms with Crippen LogP contribution in [0.3, 0.4) is 0 Å². The highest BCUT2D eigenvalue weighted by Gasteiger charge is 2.37. The highest BCUT2D eigenvalue weighted by atomic mass is 16.6. The van der Waals surface area contributed by atoms with Crippen LogP contribution in [0, 0.1) is 22.7 Å². The van der Waals surface area contributed by atoms with E-state index in [4.69, 9.17) is 10.00 Å². The summed E-state index contributed by atoms with van der Waals surface area (Å²) < 4.78 is 5.09. The van der Waals surface area contributed by atoms with Gasteiger partial charge >= 0.3 is 5.97 Å². The maximum atomic E-state index is 11.8. The second-order valence-electron chi connectivity index (χ2n) is 5.36. The van der Waals surface area contributed by atoms with Crippen LogP contribution in [0.2, 0.25) is 0 Å². The Morgan fingerprint density at radius 3 is 1.94 bits per heavy atom. The van der Waals surface area contributed by atoms with Crippen LogP contribution in [0.4, 0.5) is 0 Å². The molecule has 0 aromatic carbocycles. The number of carbonyl (C=O) groups excluding carboxylic acids is 2. The molecule has 1 unspecified atom stereocenters. The minimum Gasteiger partial charge on any atom is -0.459 e.